The highest BCUT2D eigenvalue weighted by Crippen LogP contribution is 2.25. The Balaban J connectivity index is 2.77. The van der Waals surface area contributed by atoms with Crippen LogP contribution in [0, 0.1) is 0 Å². The predicted molar refractivity (Wildman–Crippen MR) is 66.0 cm³/mol. The summed E-state index contributed by atoms with van der Waals surface area (Å²) in [5.74, 6) is -0.194. The lowest BCUT2D eigenvalue weighted by atomic mass is 10.2. The van der Waals surface area contributed by atoms with E-state index in [9.17, 15) is 4.79 Å². The van der Waals surface area contributed by atoms with E-state index in [2.05, 4.69) is 21.2 Å². The monoisotopic (exact) mass is 290 g/mol. The van der Waals surface area contributed by atoms with Crippen molar-refractivity contribution in [3.05, 3.63) is 27.7 Å². The second kappa shape index (κ2) is 5.49. The number of nitrogens with one attached hydrogen (secondary N) is 1. The van der Waals surface area contributed by atoms with Gasteiger partial charge in [-0.2, -0.15) is 0 Å². The summed E-state index contributed by atoms with van der Waals surface area (Å²) in [6.45, 7) is 1.86. The molecule has 3 N–H and O–H groups in total. The van der Waals surface area contributed by atoms with E-state index in [0.29, 0.717) is 17.1 Å². The van der Waals surface area contributed by atoms with Gasteiger partial charge in [0.1, 0.15) is 0 Å². The number of amides is 1. The van der Waals surface area contributed by atoms with E-state index in [-0.39, 0.29) is 5.91 Å². The van der Waals surface area contributed by atoms with E-state index in [1.807, 2.05) is 6.92 Å². The highest BCUT2D eigenvalue weighted by atomic mass is 79.9. The van der Waals surface area contributed by atoms with Gasteiger partial charge >= 0.3 is 0 Å². The lowest BCUT2D eigenvalue weighted by Gasteiger charge is -2.11. The molecule has 0 bridgehead atoms. The predicted octanol–water partition coefficient (Wildman–Crippen LogP) is 2.78. The Kier molecular flexibility index (Phi) is 4.57. The van der Waals surface area contributed by atoms with Crippen LogP contribution in [-0.4, -0.2) is 11.9 Å². The first-order chi connectivity index (χ1) is 7.04. The van der Waals surface area contributed by atoms with Crippen molar-refractivity contribution in [1.82, 2.24) is 0 Å². The van der Waals surface area contributed by atoms with E-state index < -0.39 is 6.04 Å². The molecule has 3 nitrogen and oxygen atoms in total. The summed E-state index contributed by atoms with van der Waals surface area (Å²) in [5.41, 5.74) is 6.27. The largest absolute Gasteiger partial charge is 0.324 e. The summed E-state index contributed by atoms with van der Waals surface area (Å²) in [5, 5.41) is 3.33. The first-order valence-electron chi connectivity index (χ1n) is 4.56. The van der Waals surface area contributed by atoms with Gasteiger partial charge in [0.05, 0.1) is 11.7 Å². The highest BCUT2D eigenvalue weighted by Gasteiger charge is 2.12. The van der Waals surface area contributed by atoms with Crippen molar-refractivity contribution >= 4 is 39.1 Å². The molecule has 5 heteroatoms. The van der Waals surface area contributed by atoms with Crippen LogP contribution in [0.1, 0.15) is 13.3 Å². The number of rotatable bonds is 3. The van der Waals surface area contributed by atoms with Crippen molar-refractivity contribution in [2.24, 2.45) is 5.73 Å². The van der Waals surface area contributed by atoms with Crippen molar-refractivity contribution in [3.63, 3.8) is 0 Å². The van der Waals surface area contributed by atoms with Crippen LogP contribution < -0.4 is 11.1 Å². The summed E-state index contributed by atoms with van der Waals surface area (Å²) in [4.78, 5) is 11.5. The third-order valence-electron chi connectivity index (χ3n) is 1.97. The Morgan fingerprint density at radius 2 is 2.33 bits per heavy atom. The fraction of sp³-hybridized carbons (Fsp3) is 0.300. The van der Waals surface area contributed by atoms with Crippen molar-refractivity contribution in [1.29, 1.82) is 0 Å². The average Bonchev–Trinajstić information content (AvgIpc) is 2.20. The minimum Gasteiger partial charge on any atom is -0.324 e. The van der Waals surface area contributed by atoms with Crippen molar-refractivity contribution < 1.29 is 4.79 Å². The van der Waals surface area contributed by atoms with Crippen molar-refractivity contribution in [2.45, 2.75) is 19.4 Å². The topological polar surface area (TPSA) is 55.1 Å². The van der Waals surface area contributed by atoms with E-state index in [0.717, 1.165) is 4.47 Å². The number of halogens is 2. The molecule has 1 rings (SSSR count). The molecule has 0 aliphatic rings. The molecule has 0 saturated carbocycles. The normalized spacial score (nSPS) is 12.3. The van der Waals surface area contributed by atoms with Gasteiger partial charge < -0.3 is 11.1 Å². The molecule has 1 unspecified atom stereocenters. The van der Waals surface area contributed by atoms with Gasteiger partial charge in [-0.25, -0.2) is 0 Å². The second-order valence-electron chi connectivity index (χ2n) is 3.13. The summed E-state index contributed by atoms with van der Waals surface area (Å²) in [6, 6.07) is 4.67. The number of carbonyl (C=O) groups excluding carboxylic acids is 1. The summed E-state index contributed by atoms with van der Waals surface area (Å²) in [6.07, 6.45) is 0.608. The summed E-state index contributed by atoms with van der Waals surface area (Å²) >= 11 is 9.08. The third-order valence-corrected chi connectivity index (χ3v) is 2.86. The Morgan fingerprint density at radius 3 is 2.87 bits per heavy atom. The SMILES string of the molecule is CCC(N)C(=O)Nc1ccc(Cl)cc1Br. The van der Waals surface area contributed by atoms with Crippen molar-refractivity contribution in [2.75, 3.05) is 5.32 Å². The zero-order valence-electron chi connectivity index (χ0n) is 8.26. The highest BCUT2D eigenvalue weighted by molar-refractivity contribution is 9.10. The van der Waals surface area contributed by atoms with E-state index in [1.165, 1.54) is 0 Å². The Morgan fingerprint density at radius 1 is 1.67 bits per heavy atom. The fourth-order valence-corrected chi connectivity index (χ4v) is 1.78. The Hall–Kier alpha value is -0.580. The zero-order valence-corrected chi connectivity index (χ0v) is 10.6. The molecule has 1 amide bonds. The number of anilines is 1. The van der Waals surface area contributed by atoms with Crippen LogP contribution >= 0.6 is 27.5 Å². The van der Waals surface area contributed by atoms with Gasteiger partial charge in [-0.1, -0.05) is 18.5 Å². The lowest BCUT2D eigenvalue weighted by Crippen LogP contribution is -2.34. The van der Waals surface area contributed by atoms with Gasteiger partial charge in [-0.3, -0.25) is 4.79 Å². The van der Waals surface area contributed by atoms with Crippen LogP contribution in [0.2, 0.25) is 5.02 Å². The van der Waals surface area contributed by atoms with Gasteiger partial charge in [-0.15, -0.1) is 0 Å². The molecule has 0 saturated heterocycles. The van der Waals surface area contributed by atoms with Crippen LogP contribution in [0.5, 0.6) is 0 Å². The maximum Gasteiger partial charge on any atom is 0.241 e. The smallest absolute Gasteiger partial charge is 0.241 e. The second-order valence-corrected chi connectivity index (χ2v) is 4.42. The van der Waals surface area contributed by atoms with Crippen LogP contribution in [-0.2, 0) is 4.79 Å². The van der Waals surface area contributed by atoms with E-state index >= 15 is 0 Å². The number of hydrogen-bond acceptors (Lipinski definition) is 2. The first kappa shape index (κ1) is 12.5. The minimum absolute atomic E-state index is 0.194. The molecule has 0 aliphatic carbocycles. The molecule has 15 heavy (non-hydrogen) atoms. The maximum atomic E-state index is 11.5. The van der Waals surface area contributed by atoms with Crippen LogP contribution in [0.15, 0.2) is 22.7 Å². The molecule has 0 spiro atoms. The van der Waals surface area contributed by atoms with E-state index in [1.54, 1.807) is 18.2 Å². The quantitative estimate of drug-likeness (QED) is 0.900. The summed E-state index contributed by atoms with van der Waals surface area (Å²) < 4.78 is 0.742. The lowest BCUT2D eigenvalue weighted by molar-refractivity contribution is -0.117. The van der Waals surface area contributed by atoms with Gasteiger partial charge in [0, 0.05) is 9.50 Å². The molecule has 0 aliphatic heterocycles. The molecule has 0 radical (unpaired) electrons. The number of nitrogens with two attached hydrogens (primary N) is 1. The molecule has 0 heterocycles. The molecule has 82 valence electrons. The maximum absolute atomic E-state index is 11.5. The molecule has 1 aromatic rings. The minimum atomic E-state index is -0.479. The molecule has 1 atom stereocenters. The number of hydrogen-bond donors (Lipinski definition) is 2. The number of benzene rings is 1. The molecule has 0 aromatic heterocycles. The van der Waals surface area contributed by atoms with Crippen LogP contribution in [0.25, 0.3) is 0 Å². The van der Waals surface area contributed by atoms with Crippen molar-refractivity contribution in [3.8, 4) is 0 Å². The van der Waals surface area contributed by atoms with Gasteiger partial charge in [-0.05, 0) is 40.5 Å². The average molecular weight is 292 g/mol. The Bertz CT molecular complexity index is 370. The molecule has 0 fully saturated rings. The first-order valence-corrected chi connectivity index (χ1v) is 5.73. The summed E-state index contributed by atoms with van der Waals surface area (Å²) in [7, 11) is 0. The Labute approximate surface area is 102 Å². The van der Waals surface area contributed by atoms with Gasteiger partial charge in [0.25, 0.3) is 0 Å². The van der Waals surface area contributed by atoms with E-state index in [4.69, 9.17) is 17.3 Å². The van der Waals surface area contributed by atoms with Crippen LogP contribution in [0.4, 0.5) is 5.69 Å². The molecular formula is C10H12BrClN2O. The zero-order chi connectivity index (χ0) is 11.4. The molecule has 1 aromatic carbocycles. The van der Waals surface area contributed by atoms with Gasteiger partial charge in [0.15, 0.2) is 0 Å². The van der Waals surface area contributed by atoms with Gasteiger partial charge in [0.2, 0.25) is 5.91 Å². The molecular weight excluding hydrogens is 279 g/mol. The standard InChI is InChI=1S/C10H12BrClN2O/c1-2-8(13)10(15)14-9-4-3-6(12)5-7(9)11/h3-5,8H,2,13H2,1H3,(H,14,15). The van der Waals surface area contributed by atoms with Crippen LogP contribution in [0.3, 0.4) is 0 Å². The third kappa shape index (κ3) is 3.48. The number of carbonyl (C=O) groups is 1. The fourth-order valence-electron chi connectivity index (χ4n) is 1.00.